The molecule has 100 valence electrons. The topological polar surface area (TPSA) is 34.1 Å². The molecule has 1 aliphatic rings. The maximum Gasteiger partial charge on any atom is 0.217 e. The van der Waals surface area contributed by atoms with Gasteiger partial charge in [0, 0.05) is 29.2 Å². The summed E-state index contributed by atoms with van der Waals surface area (Å²) in [6, 6.07) is 6.45. The standard InChI is InChI=1S/C14H15ClN2OS/c1-18-14-9(3-2-6-16-14)8-17-11-4-5-12-10(11)7-13(15)19-12/h2-3,6-7,11,17H,4-5,8H2,1H3. The lowest BCUT2D eigenvalue weighted by Crippen LogP contribution is -2.19. The van der Waals surface area contributed by atoms with Crippen LogP contribution in [0.4, 0.5) is 0 Å². The smallest absolute Gasteiger partial charge is 0.217 e. The largest absolute Gasteiger partial charge is 0.481 e. The molecule has 2 aromatic rings. The number of pyridine rings is 1. The lowest BCUT2D eigenvalue weighted by atomic mass is 10.1. The van der Waals surface area contributed by atoms with Crippen molar-refractivity contribution >= 4 is 22.9 Å². The number of hydrogen-bond acceptors (Lipinski definition) is 4. The number of nitrogens with zero attached hydrogens (tertiary/aromatic N) is 1. The Labute approximate surface area is 121 Å². The minimum Gasteiger partial charge on any atom is -0.481 e. The average Bonchev–Trinajstić information content (AvgIpc) is 2.96. The number of fused-ring (bicyclic) bond motifs is 1. The van der Waals surface area contributed by atoms with Gasteiger partial charge in [-0.1, -0.05) is 17.7 Å². The Bertz CT molecular complexity index is 585. The summed E-state index contributed by atoms with van der Waals surface area (Å²) in [4.78, 5) is 5.63. The number of rotatable bonds is 4. The molecular weight excluding hydrogens is 280 g/mol. The van der Waals surface area contributed by atoms with Crippen molar-refractivity contribution in [2.24, 2.45) is 0 Å². The Balaban J connectivity index is 1.70. The van der Waals surface area contributed by atoms with Crippen LogP contribution in [-0.4, -0.2) is 12.1 Å². The summed E-state index contributed by atoms with van der Waals surface area (Å²) in [6.07, 6.45) is 4.00. The van der Waals surface area contributed by atoms with E-state index in [1.54, 1.807) is 24.6 Å². The molecule has 19 heavy (non-hydrogen) atoms. The number of aryl methyl sites for hydroxylation is 1. The Morgan fingerprint density at radius 3 is 3.32 bits per heavy atom. The van der Waals surface area contributed by atoms with E-state index in [9.17, 15) is 0 Å². The monoisotopic (exact) mass is 294 g/mol. The van der Waals surface area contributed by atoms with Crippen molar-refractivity contribution in [3.05, 3.63) is 44.7 Å². The zero-order valence-corrected chi connectivity index (χ0v) is 12.2. The number of thiophene rings is 1. The molecule has 0 aliphatic heterocycles. The third-order valence-electron chi connectivity index (χ3n) is 3.43. The highest BCUT2D eigenvalue weighted by atomic mass is 35.5. The average molecular weight is 295 g/mol. The van der Waals surface area contributed by atoms with Crippen molar-refractivity contribution in [1.82, 2.24) is 10.3 Å². The molecule has 2 heterocycles. The maximum atomic E-state index is 6.07. The van der Waals surface area contributed by atoms with Crippen LogP contribution in [0.25, 0.3) is 0 Å². The fraction of sp³-hybridized carbons (Fsp3) is 0.357. The van der Waals surface area contributed by atoms with Gasteiger partial charge < -0.3 is 10.1 Å². The predicted molar refractivity (Wildman–Crippen MR) is 78.0 cm³/mol. The lowest BCUT2D eigenvalue weighted by molar-refractivity contribution is 0.388. The van der Waals surface area contributed by atoms with Crippen LogP contribution in [0, 0.1) is 0 Å². The lowest BCUT2D eigenvalue weighted by Gasteiger charge is -2.14. The minimum absolute atomic E-state index is 0.392. The summed E-state index contributed by atoms with van der Waals surface area (Å²) in [5.41, 5.74) is 2.44. The Kier molecular flexibility index (Phi) is 3.73. The fourth-order valence-corrected chi connectivity index (χ4v) is 3.87. The summed E-state index contributed by atoms with van der Waals surface area (Å²) < 4.78 is 6.15. The highest BCUT2D eigenvalue weighted by molar-refractivity contribution is 7.16. The van der Waals surface area contributed by atoms with E-state index in [1.807, 2.05) is 12.1 Å². The molecule has 0 amide bonds. The maximum absolute atomic E-state index is 6.07. The van der Waals surface area contributed by atoms with E-state index in [0.717, 1.165) is 29.3 Å². The van der Waals surface area contributed by atoms with Crippen LogP contribution in [0.1, 0.15) is 28.5 Å². The van der Waals surface area contributed by atoms with E-state index in [1.165, 1.54) is 10.4 Å². The number of nitrogens with one attached hydrogen (secondary N) is 1. The first-order valence-corrected chi connectivity index (χ1v) is 7.46. The van der Waals surface area contributed by atoms with Crippen LogP contribution in [0.3, 0.4) is 0 Å². The minimum atomic E-state index is 0.392. The van der Waals surface area contributed by atoms with Crippen molar-refractivity contribution in [2.75, 3.05) is 7.11 Å². The quantitative estimate of drug-likeness (QED) is 0.936. The first kappa shape index (κ1) is 12.9. The van der Waals surface area contributed by atoms with Crippen LogP contribution < -0.4 is 10.1 Å². The third-order valence-corrected chi connectivity index (χ3v) is 4.77. The molecule has 1 N–H and O–H groups in total. The molecule has 0 fully saturated rings. The van der Waals surface area contributed by atoms with Gasteiger partial charge in [-0.3, -0.25) is 0 Å². The van der Waals surface area contributed by atoms with Gasteiger partial charge in [-0.15, -0.1) is 11.3 Å². The normalized spacial score (nSPS) is 17.5. The highest BCUT2D eigenvalue weighted by Gasteiger charge is 2.24. The van der Waals surface area contributed by atoms with Gasteiger partial charge in [-0.2, -0.15) is 0 Å². The molecule has 0 saturated heterocycles. The zero-order valence-electron chi connectivity index (χ0n) is 10.6. The second-order valence-electron chi connectivity index (χ2n) is 4.57. The van der Waals surface area contributed by atoms with Gasteiger partial charge in [0.05, 0.1) is 11.4 Å². The second-order valence-corrected chi connectivity index (χ2v) is 6.34. The SMILES string of the molecule is COc1ncccc1CNC1CCc2sc(Cl)cc21. The Hall–Kier alpha value is -1.10. The van der Waals surface area contributed by atoms with Crippen molar-refractivity contribution in [2.45, 2.75) is 25.4 Å². The molecule has 0 bridgehead atoms. The molecule has 0 aromatic carbocycles. The van der Waals surface area contributed by atoms with Crippen molar-refractivity contribution < 1.29 is 4.74 Å². The summed E-state index contributed by atoms with van der Waals surface area (Å²) in [6.45, 7) is 0.759. The number of hydrogen-bond donors (Lipinski definition) is 1. The Morgan fingerprint density at radius 1 is 1.58 bits per heavy atom. The number of methoxy groups -OCH3 is 1. The molecular formula is C14H15ClN2OS. The van der Waals surface area contributed by atoms with Crippen LogP contribution in [-0.2, 0) is 13.0 Å². The van der Waals surface area contributed by atoms with Gasteiger partial charge in [0.25, 0.3) is 0 Å². The van der Waals surface area contributed by atoms with Crippen LogP contribution in [0.2, 0.25) is 4.34 Å². The number of ether oxygens (including phenoxy) is 1. The van der Waals surface area contributed by atoms with Crippen molar-refractivity contribution in [3.63, 3.8) is 0 Å². The van der Waals surface area contributed by atoms with Gasteiger partial charge in [0.1, 0.15) is 0 Å². The summed E-state index contributed by atoms with van der Waals surface area (Å²) in [5.74, 6) is 0.691. The van der Waals surface area contributed by atoms with E-state index in [2.05, 4.69) is 16.4 Å². The van der Waals surface area contributed by atoms with E-state index >= 15 is 0 Å². The second kappa shape index (κ2) is 5.49. The summed E-state index contributed by atoms with van der Waals surface area (Å²) >= 11 is 7.77. The van der Waals surface area contributed by atoms with Gasteiger partial charge in [0.2, 0.25) is 5.88 Å². The highest BCUT2D eigenvalue weighted by Crippen LogP contribution is 2.39. The zero-order chi connectivity index (χ0) is 13.2. The third kappa shape index (κ3) is 2.61. The van der Waals surface area contributed by atoms with Crippen LogP contribution >= 0.6 is 22.9 Å². The summed E-state index contributed by atoms with van der Waals surface area (Å²) in [7, 11) is 1.65. The number of aromatic nitrogens is 1. The fourth-order valence-electron chi connectivity index (χ4n) is 2.52. The Morgan fingerprint density at radius 2 is 2.47 bits per heavy atom. The molecule has 1 atom stereocenters. The molecule has 2 aromatic heterocycles. The first-order valence-electron chi connectivity index (χ1n) is 6.27. The van der Waals surface area contributed by atoms with E-state index in [0.29, 0.717) is 11.9 Å². The molecule has 0 radical (unpaired) electrons. The molecule has 0 saturated carbocycles. The van der Waals surface area contributed by atoms with Gasteiger partial charge in [-0.25, -0.2) is 4.98 Å². The van der Waals surface area contributed by atoms with Crippen LogP contribution in [0.15, 0.2) is 24.4 Å². The van der Waals surface area contributed by atoms with Gasteiger partial charge >= 0.3 is 0 Å². The van der Waals surface area contributed by atoms with E-state index in [-0.39, 0.29) is 0 Å². The molecule has 3 nitrogen and oxygen atoms in total. The first-order chi connectivity index (χ1) is 9.28. The van der Waals surface area contributed by atoms with Crippen LogP contribution in [0.5, 0.6) is 5.88 Å². The predicted octanol–water partition coefficient (Wildman–Crippen LogP) is 3.58. The molecule has 3 rings (SSSR count). The van der Waals surface area contributed by atoms with E-state index in [4.69, 9.17) is 16.3 Å². The molecule has 5 heteroatoms. The molecule has 1 unspecified atom stereocenters. The van der Waals surface area contributed by atoms with Gasteiger partial charge in [0.15, 0.2) is 0 Å². The summed E-state index contributed by atoms with van der Waals surface area (Å²) in [5, 5.41) is 3.57. The molecule has 1 aliphatic carbocycles. The van der Waals surface area contributed by atoms with Crippen molar-refractivity contribution in [3.8, 4) is 5.88 Å². The van der Waals surface area contributed by atoms with Gasteiger partial charge in [-0.05, 0) is 30.5 Å². The van der Waals surface area contributed by atoms with E-state index < -0.39 is 0 Å². The number of halogens is 1. The van der Waals surface area contributed by atoms with Crippen molar-refractivity contribution in [1.29, 1.82) is 0 Å². The molecule has 0 spiro atoms.